The van der Waals surface area contributed by atoms with Crippen LogP contribution in [-0.4, -0.2) is 29.0 Å². The van der Waals surface area contributed by atoms with E-state index in [0.717, 1.165) is 48.7 Å². The lowest BCUT2D eigenvalue weighted by Gasteiger charge is -2.30. The van der Waals surface area contributed by atoms with Crippen molar-refractivity contribution >= 4 is 17.5 Å². The average Bonchev–Trinajstić information content (AvgIpc) is 2.59. The van der Waals surface area contributed by atoms with E-state index in [-0.39, 0.29) is 5.91 Å². The van der Waals surface area contributed by atoms with Gasteiger partial charge >= 0.3 is 0 Å². The number of rotatable bonds is 3. The van der Waals surface area contributed by atoms with Crippen molar-refractivity contribution < 1.29 is 4.79 Å². The van der Waals surface area contributed by atoms with Crippen molar-refractivity contribution in [2.45, 2.75) is 33.6 Å². The first-order chi connectivity index (χ1) is 11.5. The molecule has 1 saturated heterocycles. The van der Waals surface area contributed by atoms with E-state index in [0.29, 0.717) is 11.6 Å². The molecule has 1 aliphatic heterocycles. The topological polar surface area (TPSA) is 58.1 Å². The first kappa shape index (κ1) is 16.4. The van der Waals surface area contributed by atoms with E-state index in [1.165, 1.54) is 0 Å². The maximum Gasteiger partial charge on any atom is 0.274 e. The smallest absolute Gasteiger partial charge is 0.274 e. The lowest BCUT2D eigenvalue weighted by Crippen LogP contribution is -2.34. The Morgan fingerprint density at radius 1 is 1.17 bits per heavy atom. The molecule has 2 heterocycles. The number of nitrogens with zero attached hydrogens (tertiary/aromatic N) is 3. The molecule has 3 rings (SSSR count). The Kier molecular flexibility index (Phi) is 4.79. The lowest BCUT2D eigenvalue weighted by molar-refractivity contribution is 0.102. The van der Waals surface area contributed by atoms with E-state index in [1.807, 2.05) is 32.0 Å². The first-order valence-electron chi connectivity index (χ1n) is 8.50. The Balaban J connectivity index is 1.77. The van der Waals surface area contributed by atoms with E-state index in [4.69, 9.17) is 0 Å². The fraction of sp³-hybridized carbons (Fsp3) is 0.421. The lowest BCUT2D eigenvalue weighted by atomic mass is 10.00. The molecule has 24 heavy (non-hydrogen) atoms. The Morgan fingerprint density at radius 2 is 1.83 bits per heavy atom. The van der Waals surface area contributed by atoms with E-state index in [1.54, 1.807) is 12.3 Å². The van der Waals surface area contributed by atoms with Crippen LogP contribution in [0.15, 0.2) is 30.5 Å². The minimum absolute atomic E-state index is 0.193. The molecule has 1 aromatic carbocycles. The van der Waals surface area contributed by atoms with Crippen molar-refractivity contribution in [1.29, 1.82) is 0 Å². The summed E-state index contributed by atoms with van der Waals surface area (Å²) in [7, 11) is 0. The number of hydrogen-bond acceptors (Lipinski definition) is 4. The fourth-order valence-corrected chi connectivity index (χ4v) is 3.03. The van der Waals surface area contributed by atoms with Gasteiger partial charge in [-0.25, -0.2) is 9.97 Å². The Labute approximate surface area is 143 Å². The maximum atomic E-state index is 12.6. The van der Waals surface area contributed by atoms with Crippen LogP contribution >= 0.6 is 0 Å². The summed E-state index contributed by atoms with van der Waals surface area (Å²) in [6.45, 7) is 8.14. The summed E-state index contributed by atoms with van der Waals surface area (Å²) in [6, 6.07) is 7.63. The van der Waals surface area contributed by atoms with Crippen LogP contribution in [0.3, 0.4) is 0 Å². The Hall–Kier alpha value is -2.43. The van der Waals surface area contributed by atoms with Gasteiger partial charge in [-0.2, -0.15) is 0 Å². The highest BCUT2D eigenvalue weighted by molar-refractivity contribution is 6.03. The molecule has 1 aromatic heterocycles. The van der Waals surface area contributed by atoms with Gasteiger partial charge in [-0.1, -0.05) is 25.1 Å². The molecule has 0 saturated carbocycles. The number of aromatic nitrogens is 2. The third kappa shape index (κ3) is 3.55. The highest BCUT2D eigenvalue weighted by Gasteiger charge is 2.19. The van der Waals surface area contributed by atoms with Gasteiger partial charge in [0.05, 0.1) is 0 Å². The van der Waals surface area contributed by atoms with Crippen LogP contribution in [-0.2, 0) is 0 Å². The standard InChI is InChI=1S/C19H24N4O/c1-13-8-11-23(12-9-13)19-20-10-7-16(21-19)18(24)22-17-14(2)5-4-6-15(17)3/h4-7,10,13H,8-9,11-12H2,1-3H3,(H,22,24). The number of carbonyl (C=O) groups excluding carboxylic acids is 1. The summed E-state index contributed by atoms with van der Waals surface area (Å²) in [5, 5.41) is 2.98. The van der Waals surface area contributed by atoms with Gasteiger partial charge in [-0.3, -0.25) is 4.79 Å². The van der Waals surface area contributed by atoms with Crippen molar-refractivity contribution in [3.05, 3.63) is 47.3 Å². The molecule has 2 aromatic rings. The predicted molar refractivity (Wildman–Crippen MR) is 96.5 cm³/mol. The van der Waals surface area contributed by atoms with E-state index < -0.39 is 0 Å². The van der Waals surface area contributed by atoms with Crippen LogP contribution in [0.2, 0.25) is 0 Å². The zero-order valence-electron chi connectivity index (χ0n) is 14.5. The van der Waals surface area contributed by atoms with Crippen LogP contribution in [0.25, 0.3) is 0 Å². The molecule has 1 fully saturated rings. The number of nitrogens with one attached hydrogen (secondary N) is 1. The second kappa shape index (κ2) is 6.99. The van der Waals surface area contributed by atoms with Gasteiger partial charge in [-0.15, -0.1) is 0 Å². The normalized spacial score (nSPS) is 15.4. The molecule has 0 aliphatic carbocycles. The number of aryl methyl sites for hydroxylation is 2. The Bertz CT molecular complexity index is 716. The van der Waals surface area contributed by atoms with Gasteiger partial charge in [-0.05, 0) is 49.8 Å². The molecule has 5 nitrogen and oxygen atoms in total. The van der Waals surface area contributed by atoms with Crippen LogP contribution in [0.4, 0.5) is 11.6 Å². The van der Waals surface area contributed by atoms with Gasteiger partial charge in [0.2, 0.25) is 5.95 Å². The second-order valence-electron chi connectivity index (χ2n) is 6.63. The summed E-state index contributed by atoms with van der Waals surface area (Å²) in [5.41, 5.74) is 3.35. The second-order valence-corrected chi connectivity index (χ2v) is 6.63. The summed E-state index contributed by atoms with van der Waals surface area (Å²) >= 11 is 0. The monoisotopic (exact) mass is 324 g/mol. The number of carbonyl (C=O) groups is 1. The van der Waals surface area contributed by atoms with Crippen molar-refractivity contribution in [2.24, 2.45) is 5.92 Å². The number of benzene rings is 1. The molecule has 0 unspecified atom stereocenters. The molecule has 1 N–H and O–H groups in total. The van der Waals surface area contributed by atoms with E-state index >= 15 is 0 Å². The summed E-state index contributed by atoms with van der Waals surface area (Å²) in [6.07, 6.45) is 3.95. The molecule has 0 atom stereocenters. The van der Waals surface area contributed by atoms with Crippen LogP contribution in [0, 0.1) is 19.8 Å². The molecule has 5 heteroatoms. The van der Waals surface area contributed by atoms with E-state index in [9.17, 15) is 4.79 Å². The van der Waals surface area contributed by atoms with Crippen LogP contribution in [0.5, 0.6) is 0 Å². The van der Waals surface area contributed by atoms with Crippen molar-refractivity contribution in [2.75, 3.05) is 23.3 Å². The highest BCUT2D eigenvalue weighted by atomic mass is 16.1. The van der Waals surface area contributed by atoms with Crippen molar-refractivity contribution in [1.82, 2.24) is 9.97 Å². The predicted octanol–water partition coefficient (Wildman–Crippen LogP) is 3.58. The van der Waals surface area contributed by atoms with Crippen LogP contribution in [0.1, 0.15) is 41.4 Å². The number of amides is 1. The van der Waals surface area contributed by atoms with Gasteiger partial charge in [0.1, 0.15) is 5.69 Å². The SMILES string of the molecule is Cc1cccc(C)c1NC(=O)c1ccnc(N2CCC(C)CC2)n1. The van der Waals surface area contributed by atoms with Crippen LogP contribution < -0.4 is 10.2 Å². The first-order valence-corrected chi connectivity index (χ1v) is 8.50. The largest absolute Gasteiger partial charge is 0.341 e. The molecular weight excluding hydrogens is 300 g/mol. The molecule has 0 bridgehead atoms. The van der Waals surface area contributed by atoms with Gasteiger partial charge in [0.25, 0.3) is 5.91 Å². The quantitative estimate of drug-likeness (QED) is 0.937. The summed E-state index contributed by atoms with van der Waals surface area (Å²) in [5.74, 6) is 1.20. The summed E-state index contributed by atoms with van der Waals surface area (Å²) in [4.78, 5) is 23.6. The minimum atomic E-state index is -0.193. The fourth-order valence-electron chi connectivity index (χ4n) is 3.03. The van der Waals surface area contributed by atoms with Gasteiger partial charge in [0.15, 0.2) is 0 Å². The van der Waals surface area contributed by atoms with E-state index in [2.05, 4.69) is 27.1 Å². The zero-order chi connectivity index (χ0) is 17.1. The molecule has 1 amide bonds. The molecule has 126 valence electrons. The average molecular weight is 324 g/mol. The van der Waals surface area contributed by atoms with Crippen molar-refractivity contribution in [3.63, 3.8) is 0 Å². The van der Waals surface area contributed by atoms with Gasteiger partial charge in [0, 0.05) is 25.0 Å². The molecule has 0 spiro atoms. The summed E-state index contributed by atoms with van der Waals surface area (Å²) < 4.78 is 0. The minimum Gasteiger partial charge on any atom is -0.341 e. The molecule has 1 aliphatic rings. The zero-order valence-corrected chi connectivity index (χ0v) is 14.5. The van der Waals surface area contributed by atoms with Gasteiger partial charge < -0.3 is 10.2 Å². The third-order valence-electron chi connectivity index (χ3n) is 4.66. The Morgan fingerprint density at radius 3 is 2.50 bits per heavy atom. The number of hydrogen-bond donors (Lipinski definition) is 1. The molecule has 0 radical (unpaired) electrons. The number of piperidine rings is 1. The number of anilines is 2. The molecular formula is C19H24N4O. The third-order valence-corrected chi connectivity index (χ3v) is 4.66. The highest BCUT2D eigenvalue weighted by Crippen LogP contribution is 2.22. The maximum absolute atomic E-state index is 12.6. The number of para-hydroxylation sites is 1. The van der Waals surface area contributed by atoms with Crippen molar-refractivity contribution in [3.8, 4) is 0 Å².